The van der Waals surface area contributed by atoms with E-state index in [0.717, 1.165) is 11.4 Å². The summed E-state index contributed by atoms with van der Waals surface area (Å²) in [6.07, 6.45) is 1.10. The van der Waals surface area contributed by atoms with E-state index in [2.05, 4.69) is 30.5 Å². The first kappa shape index (κ1) is 18.8. The zero-order chi connectivity index (χ0) is 20.2. The Hall–Kier alpha value is -3.59. The monoisotopic (exact) mass is 392 g/mol. The van der Waals surface area contributed by atoms with Crippen molar-refractivity contribution < 1.29 is 5.11 Å². The number of aliphatic hydroxyl groups excluding tert-OH is 1. The van der Waals surface area contributed by atoms with Gasteiger partial charge in [0.2, 0.25) is 17.8 Å². The molecule has 0 radical (unpaired) electrons. The highest BCUT2D eigenvalue weighted by molar-refractivity contribution is 5.62. The van der Waals surface area contributed by atoms with Gasteiger partial charge >= 0.3 is 0 Å². The van der Waals surface area contributed by atoms with Crippen LogP contribution in [-0.4, -0.2) is 39.3 Å². The van der Waals surface area contributed by atoms with Crippen LogP contribution >= 0.6 is 0 Å². The lowest BCUT2D eigenvalue weighted by Crippen LogP contribution is -2.37. The van der Waals surface area contributed by atoms with Crippen molar-refractivity contribution in [1.29, 1.82) is 0 Å². The molecule has 0 spiro atoms. The standard InChI is InChI=1S/C20H24N8O/c21-13-1-5-15(6-2-13)23-18-25-19(24-16-7-3-14(22)4-8-16)27-20(26-18)28-11-9-17(29)10-12-28/h1-8,17,29H,9-12,21-22H2,(H2,23,24,25,26,27). The Kier molecular flexibility index (Phi) is 5.30. The number of nitrogens with two attached hydrogens (primary N) is 2. The van der Waals surface area contributed by atoms with Gasteiger partial charge in [0, 0.05) is 35.8 Å². The lowest BCUT2D eigenvalue weighted by atomic mass is 10.1. The average molecular weight is 392 g/mol. The van der Waals surface area contributed by atoms with Gasteiger partial charge in [-0.25, -0.2) is 0 Å². The van der Waals surface area contributed by atoms with Gasteiger partial charge in [0.25, 0.3) is 0 Å². The van der Waals surface area contributed by atoms with Crippen molar-refractivity contribution in [3.05, 3.63) is 48.5 Å². The molecular weight excluding hydrogens is 368 g/mol. The predicted octanol–water partition coefficient (Wildman–Crippen LogP) is 2.48. The quantitative estimate of drug-likeness (QED) is 0.414. The average Bonchev–Trinajstić information content (AvgIpc) is 2.72. The fourth-order valence-electron chi connectivity index (χ4n) is 3.07. The van der Waals surface area contributed by atoms with Crippen LogP contribution in [0.5, 0.6) is 0 Å². The van der Waals surface area contributed by atoms with Gasteiger partial charge in [-0.2, -0.15) is 15.0 Å². The molecule has 9 heteroatoms. The Morgan fingerprint density at radius 1 is 0.759 bits per heavy atom. The number of hydrogen-bond donors (Lipinski definition) is 5. The zero-order valence-corrected chi connectivity index (χ0v) is 15.9. The van der Waals surface area contributed by atoms with Crippen LogP contribution in [0.1, 0.15) is 12.8 Å². The molecule has 7 N–H and O–H groups in total. The smallest absolute Gasteiger partial charge is 0.233 e. The fourth-order valence-corrected chi connectivity index (χ4v) is 3.07. The number of nitrogens with zero attached hydrogens (tertiary/aromatic N) is 4. The first-order valence-electron chi connectivity index (χ1n) is 9.49. The van der Waals surface area contributed by atoms with Gasteiger partial charge < -0.3 is 32.1 Å². The molecule has 9 nitrogen and oxygen atoms in total. The Morgan fingerprint density at radius 2 is 1.21 bits per heavy atom. The van der Waals surface area contributed by atoms with E-state index in [0.29, 0.717) is 55.2 Å². The van der Waals surface area contributed by atoms with Crippen LogP contribution in [0.2, 0.25) is 0 Å². The molecule has 0 bridgehead atoms. The molecule has 0 unspecified atom stereocenters. The van der Waals surface area contributed by atoms with E-state index in [1.54, 1.807) is 0 Å². The molecule has 1 aliphatic heterocycles. The Morgan fingerprint density at radius 3 is 1.66 bits per heavy atom. The number of aromatic nitrogens is 3. The van der Waals surface area contributed by atoms with Crippen LogP contribution in [0.25, 0.3) is 0 Å². The van der Waals surface area contributed by atoms with Gasteiger partial charge in [-0.05, 0) is 61.4 Å². The van der Waals surface area contributed by atoms with Crippen molar-refractivity contribution >= 4 is 40.6 Å². The maximum absolute atomic E-state index is 9.79. The predicted molar refractivity (Wildman–Crippen MR) is 116 cm³/mol. The molecule has 1 fully saturated rings. The molecular formula is C20H24N8O. The highest BCUT2D eigenvalue weighted by atomic mass is 16.3. The summed E-state index contributed by atoms with van der Waals surface area (Å²) in [6.45, 7) is 1.38. The van der Waals surface area contributed by atoms with Gasteiger partial charge in [-0.1, -0.05) is 0 Å². The van der Waals surface area contributed by atoms with E-state index in [1.807, 2.05) is 48.5 Å². The molecule has 1 aliphatic rings. The molecule has 3 aromatic rings. The number of benzene rings is 2. The summed E-state index contributed by atoms with van der Waals surface area (Å²) >= 11 is 0. The van der Waals surface area contributed by atoms with Crippen molar-refractivity contribution in [2.24, 2.45) is 0 Å². The maximum atomic E-state index is 9.79. The molecule has 150 valence electrons. The highest BCUT2D eigenvalue weighted by Crippen LogP contribution is 2.23. The molecule has 0 saturated carbocycles. The molecule has 1 saturated heterocycles. The van der Waals surface area contributed by atoms with Crippen LogP contribution < -0.4 is 27.0 Å². The number of anilines is 7. The summed E-state index contributed by atoms with van der Waals surface area (Å²) in [4.78, 5) is 15.7. The van der Waals surface area contributed by atoms with Gasteiger partial charge in [0.05, 0.1) is 6.10 Å². The molecule has 1 aromatic heterocycles. The number of rotatable bonds is 5. The number of hydrogen-bond acceptors (Lipinski definition) is 9. The molecule has 29 heavy (non-hydrogen) atoms. The summed E-state index contributed by atoms with van der Waals surface area (Å²) in [5, 5.41) is 16.2. The Bertz CT molecular complexity index is 887. The Labute approximate surface area is 168 Å². The lowest BCUT2D eigenvalue weighted by molar-refractivity contribution is 0.145. The van der Waals surface area contributed by atoms with E-state index >= 15 is 0 Å². The van der Waals surface area contributed by atoms with E-state index < -0.39 is 0 Å². The van der Waals surface area contributed by atoms with E-state index in [4.69, 9.17) is 11.5 Å². The van der Waals surface area contributed by atoms with Crippen LogP contribution in [-0.2, 0) is 0 Å². The molecule has 2 aromatic carbocycles. The van der Waals surface area contributed by atoms with E-state index in [-0.39, 0.29) is 6.10 Å². The molecule has 4 rings (SSSR count). The second-order valence-electron chi connectivity index (χ2n) is 6.99. The molecule has 0 amide bonds. The summed E-state index contributed by atoms with van der Waals surface area (Å²) < 4.78 is 0. The number of piperidine rings is 1. The maximum Gasteiger partial charge on any atom is 0.233 e. The van der Waals surface area contributed by atoms with E-state index in [1.165, 1.54) is 0 Å². The normalized spacial score (nSPS) is 14.6. The second-order valence-corrected chi connectivity index (χ2v) is 6.99. The third kappa shape index (κ3) is 4.82. The summed E-state index contributed by atoms with van der Waals surface area (Å²) in [6, 6.07) is 14.7. The lowest BCUT2D eigenvalue weighted by Gasteiger charge is -2.29. The number of aliphatic hydroxyl groups is 1. The number of nitrogen functional groups attached to an aromatic ring is 2. The van der Waals surface area contributed by atoms with Crippen LogP contribution in [0.4, 0.5) is 40.6 Å². The van der Waals surface area contributed by atoms with Crippen molar-refractivity contribution in [2.75, 3.05) is 40.1 Å². The third-order valence-electron chi connectivity index (χ3n) is 4.70. The minimum absolute atomic E-state index is 0.271. The van der Waals surface area contributed by atoms with E-state index in [9.17, 15) is 5.11 Å². The van der Waals surface area contributed by atoms with Crippen LogP contribution in [0.15, 0.2) is 48.5 Å². The van der Waals surface area contributed by atoms with Gasteiger partial charge in [0.1, 0.15) is 0 Å². The first-order chi connectivity index (χ1) is 14.0. The highest BCUT2D eigenvalue weighted by Gasteiger charge is 2.20. The summed E-state index contributed by atoms with van der Waals surface area (Å²) in [5.41, 5.74) is 14.5. The fraction of sp³-hybridized carbons (Fsp3) is 0.250. The van der Waals surface area contributed by atoms with Crippen molar-refractivity contribution in [3.8, 4) is 0 Å². The van der Waals surface area contributed by atoms with Crippen molar-refractivity contribution in [2.45, 2.75) is 18.9 Å². The summed E-state index contributed by atoms with van der Waals surface area (Å²) in [5.74, 6) is 1.40. The third-order valence-corrected chi connectivity index (χ3v) is 4.70. The Balaban J connectivity index is 1.62. The summed E-state index contributed by atoms with van der Waals surface area (Å²) in [7, 11) is 0. The molecule has 0 atom stereocenters. The minimum atomic E-state index is -0.271. The second kappa shape index (κ2) is 8.19. The SMILES string of the molecule is Nc1ccc(Nc2nc(Nc3ccc(N)cc3)nc(N3CCC(O)CC3)n2)cc1. The van der Waals surface area contributed by atoms with Crippen molar-refractivity contribution in [3.63, 3.8) is 0 Å². The zero-order valence-electron chi connectivity index (χ0n) is 15.9. The molecule has 0 aliphatic carbocycles. The topological polar surface area (TPSA) is 138 Å². The van der Waals surface area contributed by atoms with Crippen LogP contribution in [0.3, 0.4) is 0 Å². The van der Waals surface area contributed by atoms with Crippen molar-refractivity contribution in [1.82, 2.24) is 15.0 Å². The van der Waals surface area contributed by atoms with Gasteiger partial charge in [-0.15, -0.1) is 0 Å². The minimum Gasteiger partial charge on any atom is -0.399 e. The van der Waals surface area contributed by atoms with Gasteiger partial charge in [-0.3, -0.25) is 0 Å². The van der Waals surface area contributed by atoms with Gasteiger partial charge in [0.15, 0.2) is 0 Å². The van der Waals surface area contributed by atoms with Crippen LogP contribution in [0, 0.1) is 0 Å². The first-order valence-corrected chi connectivity index (χ1v) is 9.49. The molecule has 2 heterocycles. The largest absolute Gasteiger partial charge is 0.399 e. The number of nitrogens with one attached hydrogen (secondary N) is 2.